The molecule has 212 valence electrons. The fraction of sp³-hybridized carbons (Fsp3) is 0.500. The van der Waals surface area contributed by atoms with Gasteiger partial charge in [-0.05, 0) is 0 Å². The van der Waals surface area contributed by atoms with Crippen LogP contribution in [0.5, 0.6) is 0 Å². The number of nitrogen functional groups attached to an aromatic ring is 2. The third-order valence-corrected chi connectivity index (χ3v) is 8.73. The van der Waals surface area contributed by atoms with Crippen molar-refractivity contribution in [3.05, 3.63) is 25.3 Å². The first-order chi connectivity index (χ1) is 19.4. The van der Waals surface area contributed by atoms with Gasteiger partial charge in [0, 0.05) is 12.8 Å². The highest BCUT2D eigenvalue weighted by Crippen LogP contribution is 2.44. The number of fused-ring (bicyclic) bond motifs is 5. The Labute approximate surface area is 226 Å². The van der Waals surface area contributed by atoms with E-state index in [0.717, 1.165) is 0 Å². The van der Waals surface area contributed by atoms with Gasteiger partial charge in [0.1, 0.15) is 42.1 Å². The first-order valence-corrected chi connectivity index (χ1v) is 14.7. The second kappa shape index (κ2) is 10.4. The van der Waals surface area contributed by atoms with Crippen molar-refractivity contribution in [2.75, 3.05) is 24.7 Å². The summed E-state index contributed by atoms with van der Waals surface area (Å²) in [4.78, 5) is 24.9. The molecule has 4 aromatic heterocycles. The van der Waals surface area contributed by atoms with Crippen LogP contribution in [0.25, 0.3) is 22.3 Å². The first-order valence-electron chi connectivity index (χ1n) is 12.3. The highest BCUT2D eigenvalue weighted by molar-refractivity contribution is 7.33. The summed E-state index contributed by atoms with van der Waals surface area (Å²) in [6, 6.07) is 0. The average molecular weight is 594 g/mol. The molecular weight excluding hydrogens is 570 g/mol. The molecule has 0 saturated carbocycles. The third kappa shape index (κ3) is 4.65. The largest absolute Gasteiger partial charge is 0.382 e. The van der Waals surface area contributed by atoms with Crippen molar-refractivity contribution in [3.8, 4) is 0 Å². The predicted octanol–water partition coefficient (Wildman–Crippen LogP) is 1.00. The third-order valence-electron chi connectivity index (χ3n) is 6.93. The van der Waals surface area contributed by atoms with E-state index >= 15 is 0 Å². The lowest BCUT2D eigenvalue weighted by Gasteiger charge is -2.22. The zero-order valence-corrected chi connectivity index (χ0v) is 22.6. The quantitative estimate of drug-likeness (QED) is 0.308. The number of rotatable bonds is 2. The minimum absolute atomic E-state index is 0.0519. The number of imidazole rings is 2. The van der Waals surface area contributed by atoms with Crippen LogP contribution in [0.2, 0.25) is 0 Å². The van der Waals surface area contributed by atoms with E-state index in [9.17, 15) is 9.13 Å². The van der Waals surface area contributed by atoms with Crippen LogP contribution in [-0.4, -0.2) is 76.7 Å². The number of aromatic nitrogens is 8. The summed E-state index contributed by atoms with van der Waals surface area (Å²) in [5.41, 5.74) is 13.5. The van der Waals surface area contributed by atoms with E-state index in [1.54, 1.807) is 9.13 Å². The summed E-state index contributed by atoms with van der Waals surface area (Å²) in [6.45, 7) is -0.207. The number of hydrogen-bond donors (Lipinski definition) is 2. The van der Waals surface area contributed by atoms with Crippen molar-refractivity contribution in [2.45, 2.75) is 49.7 Å². The van der Waals surface area contributed by atoms with Gasteiger partial charge in [0.25, 0.3) is 0 Å². The summed E-state index contributed by atoms with van der Waals surface area (Å²) < 4.78 is 64.1. The molecule has 3 aliphatic rings. The molecule has 2 bridgehead atoms. The minimum Gasteiger partial charge on any atom is -0.382 e. The molecule has 20 heteroatoms. The molecular formula is C20H24N10O8P2. The van der Waals surface area contributed by atoms with Gasteiger partial charge in [0.2, 0.25) is 0 Å². The van der Waals surface area contributed by atoms with Gasteiger partial charge in [-0.15, -0.1) is 0 Å². The Morgan fingerprint density at radius 3 is 2.08 bits per heavy atom. The second-order valence-electron chi connectivity index (χ2n) is 9.35. The predicted molar refractivity (Wildman–Crippen MR) is 136 cm³/mol. The molecule has 7 rings (SSSR count). The van der Waals surface area contributed by atoms with Crippen LogP contribution in [0.15, 0.2) is 25.3 Å². The van der Waals surface area contributed by atoms with E-state index in [0.29, 0.717) is 22.3 Å². The van der Waals surface area contributed by atoms with Crippen molar-refractivity contribution in [1.82, 2.24) is 39.0 Å². The van der Waals surface area contributed by atoms with Crippen LogP contribution in [0.4, 0.5) is 11.6 Å². The van der Waals surface area contributed by atoms with Crippen molar-refractivity contribution in [1.29, 1.82) is 0 Å². The van der Waals surface area contributed by atoms with Crippen molar-refractivity contribution in [3.63, 3.8) is 0 Å². The van der Waals surface area contributed by atoms with Crippen molar-refractivity contribution in [2.24, 2.45) is 0 Å². The lowest BCUT2D eigenvalue weighted by Crippen LogP contribution is -2.27. The van der Waals surface area contributed by atoms with E-state index in [1.165, 1.54) is 25.3 Å². The Hall–Kier alpha value is -3.08. The van der Waals surface area contributed by atoms with Crippen molar-refractivity contribution < 1.29 is 36.7 Å². The summed E-state index contributed by atoms with van der Waals surface area (Å²) in [5.74, 6) is 0.436. The van der Waals surface area contributed by atoms with Gasteiger partial charge >= 0.3 is 16.5 Å². The highest BCUT2D eigenvalue weighted by Gasteiger charge is 2.43. The molecule has 0 aliphatic carbocycles. The lowest BCUT2D eigenvalue weighted by molar-refractivity contribution is -0.0545. The fourth-order valence-electron chi connectivity index (χ4n) is 5.08. The van der Waals surface area contributed by atoms with Crippen LogP contribution in [-0.2, 0) is 36.7 Å². The SMILES string of the molecule is Nc1ncnc2c1ncn2[C@@H]1O[C@@H]2CO[PH](=O)O[C@H]3C[C@H](n4cnc5c(N)ncnc54)O[C@@H]3CO[PH](=O)O[C@@H]1C2. The van der Waals surface area contributed by atoms with Crippen LogP contribution in [0.3, 0.4) is 0 Å². The molecule has 3 fully saturated rings. The summed E-state index contributed by atoms with van der Waals surface area (Å²) in [5, 5.41) is 0. The number of nitrogens with two attached hydrogens (primary N) is 2. The van der Waals surface area contributed by atoms with E-state index in [2.05, 4.69) is 29.9 Å². The Kier molecular flexibility index (Phi) is 6.72. The van der Waals surface area contributed by atoms with Gasteiger partial charge < -0.3 is 39.0 Å². The maximum Gasteiger partial charge on any atom is 0.319 e. The molecule has 0 spiro atoms. The Balaban J connectivity index is 1.11. The van der Waals surface area contributed by atoms with Gasteiger partial charge in [-0.1, -0.05) is 0 Å². The van der Waals surface area contributed by atoms with Gasteiger partial charge in [-0.25, -0.2) is 29.9 Å². The molecule has 3 aliphatic heterocycles. The molecule has 0 amide bonds. The Bertz CT molecular complexity index is 1620. The summed E-state index contributed by atoms with van der Waals surface area (Å²) >= 11 is 0. The minimum atomic E-state index is -3.03. The normalized spacial score (nSPS) is 33.4. The topological polar surface area (TPSA) is 229 Å². The van der Waals surface area contributed by atoms with E-state index < -0.39 is 53.4 Å². The maximum atomic E-state index is 13.0. The zero-order valence-electron chi connectivity index (χ0n) is 20.6. The molecule has 4 aromatic rings. The Morgan fingerprint density at radius 1 is 0.725 bits per heavy atom. The molecule has 0 aromatic carbocycles. The van der Waals surface area contributed by atoms with E-state index in [-0.39, 0.29) is 37.7 Å². The number of nitrogens with zero attached hydrogens (tertiary/aromatic N) is 8. The molecule has 4 N–H and O–H groups in total. The van der Waals surface area contributed by atoms with E-state index in [4.69, 9.17) is 39.0 Å². The van der Waals surface area contributed by atoms with Crippen LogP contribution in [0, 0.1) is 0 Å². The average Bonchev–Trinajstić information content (AvgIpc) is 3.71. The summed E-state index contributed by atoms with van der Waals surface area (Å²) in [7, 11) is -6.01. The van der Waals surface area contributed by atoms with E-state index in [1.807, 2.05) is 0 Å². The summed E-state index contributed by atoms with van der Waals surface area (Å²) in [6.07, 6.45) is 2.12. The monoisotopic (exact) mass is 594 g/mol. The maximum absolute atomic E-state index is 13.0. The van der Waals surface area contributed by atoms with Crippen molar-refractivity contribution >= 4 is 50.5 Å². The van der Waals surface area contributed by atoms with Gasteiger partial charge in [-0.2, -0.15) is 0 Å². The highest BCUT2D eigenvalue weighted by atomic mass is 31.1. The molecule has 8 atom stereocenters. The molecule has 7 heterocycles. The molecule has 3 saturated heterocycles. The molecule has 40 heavy (non-hydrogen) atoms. The molecule has 0 radical (unpaired) electrons. The van der Waals surface area contributed by atoms with Gasteiger partial charge in [0.05, 0.1) is 38.1 Å². The molecule has 18 nitrogen and oxygen atoms in total. The lowest BCUT2D eigenvalue weighted by atomic mass is 10.2. The smallest absolute Gasteiger partial charge is 0.319 e. The van der Waals surface area contributed by atoms with Crippen LogP contribution >= 0.6 is 16.5 Å². The van der Waals surface area contributed by atoms with Gasteiger partial charge in [0.15, 0.2) is 29.2 Å². The number of hydrogen-bond acceptors (Lipinski definition) is 16. The first kappa shape index (κ1) is 25.9. The van der Waals surface area contributed by atoms with Crippen LogP contribution in [0.1, 0.15) is 25.3 Å². The fourth-order valence-corrected chi connectivity index (χ4v) is 6.80. The standard InChI is InChI=1S/C20H24N10O8P2/c21-16-14-18(25-5-23-16)29(7-27-14)13-2-10-12(36-13)4-34-40(32)38-11-1-9(3-33-39(31)37-10)35-20(11)30-8-28-15-17(22)24-6-26-19(15)30/h5-13,20,39-40H,1-4H2,(H2,21,23,25)(H2,22,24,26)/t9-,10-,11+,12+,13+,20+/m0/s1. The number of anilines is 2. The zero-order chi connectivity index (χ0) is 27.4. The van der Waals surface area contributed by atoms with Crippen LogP contribution < -0.4 is 11.5 Å². The molecule has 2 unspecified atom stereocenters. The number of ether oxygens (including phenoxy) is 2. The van der Waals surface area contributed by atoms with Gasteiger partial charge in [-0.3, -0.25) is 18.3 Å². The second-order valence-corrected chi connectivity index (χ2v) is 11.4. The Morgan fingerprint density at radius 2 is 1.35 bits per heavy atom.